The molecule has 0 saturated carbocycles. The highest BCUT2D eigenvalue weighted by Gasteiger charge is 2.13. The van der Waals surface area contributed by atoms with E-state index in [0.717, 1.165) is 22.3 Å². The minimum absolute atomic E-state index is 0.309. The highest BCUT2D eigenvalue weighted by molar-refractivity contribution is 5.93. The van der Waals surface area contributed by atoms with Crippen LogP contribution in [0.2, 0.25) is 0 Å². The molecule has 0 radical (unpaired) electrons. The van der Waals surface area contributed by atoms with Gasteiger partial charge in [-0.15, -0.1) is 0 Å². The highest BCUT2D eigenvalue weighted by Crippen LogP contribution is 2.33. The molecule has 0 fully saturated rings. The van der Waals surface area contributed by atoms with Crippen molar-refractivity contribution >= 4 is 28.1 Å². The maximum atomic E-state index is 6.30. The molecule has 0 aliphatic rings. The number of nitrogens with zero attached hydrogens (tertiary/aromatic N) is 3. The summed E-state index contributed by atoms with van der Waals surface area (Å²) >= 11 is 0. The van der Waals surface area contributed by atoms with E-state index in [9.17, 15) is 0 Å². The number of fused-ring (bicyclic) bond motifs is 1. The Labute approximate surface area is 169 Å². The number of nitrogens with one attached hydrogen (secondary N) is 1. The summed E-state index contributed by atoms with van der Waals surface area (Å²) < 4.78 is 5.90. The molecule has 0 aliphatic carbocycles. The van der Waals surface area contributed by atoms with E-state index in [2.05, 4.69) is 34.1 Å². The van der Waals surface area contributed by atoms with Crippen LogP contribution in [-0.2, 0) is 0 Å². The second-order valence-electron chi connectivity index (χ2n) is 7.22. The summed E-state index contributed by atoms with van der Waals surface area (Å²) in [6, 6.07) is 17.9. The van der Waals surface area contributed by atoms with Crippen molar-refractivity contribution < 1.29 is 4.74 Å². The van der Waals surface area contributed by atoms with Crippen LogP contribution < -0.4 is 15.8 Å². The molecule has 2 heterocycles. The van der Waals surface area contributed by atoms with Gasteiger partial charge in [0.15, 0.2) is 5.82 Å². The first-order valence-electron chi connectivity index (χ1n) is 9.53. The van der Waals surface area contributed by atoms with E-state index in [4.69, 9.17) is 10.5 Å². The molecule has 29 heavy (non-hydrogen) atoms. The molecule has 4 rings (SSSR count). The van der Waals surface area contributed by atoms with E-state index in [1.54, 1.807) is 0 Å². The third-order valence-corrected chi connectivity index (χ3v) is 4.72. The molecule has 6 heteroatoms. The molecule has 0 spiro atoms. The minimum atomic E-state index is 0.309. The van der Waals surface area contributed by atoms with Gasteiger partial charge in [-0.25, -0.2) is 4.98 Å². The Morgan fingerprint density at radius 2 is 1.76 bits per heavy atom. The van der Waals surface area contributed by atoms with Gasteiger partial charge in [0.1, 0.15) is 17.8 Å². The van der Waals surface area contributed by atoms with Crippen LogP contribution in [0, 0.1) is 6.92 Å². The van der Waals surface area contributed by atoms with Gasteiger partial charge in [-0.1, -0.05) is 44.2 Å². The fourth-order valence-corrected chi connectivity index (χ4v) is 3.07. The number of anilines is 3. The number of pyridine rings is 1. The fraction of sp³-hybridized carbons (Fsp3) is 0.174. The molecule has 4 aromatic rings. The molecule has 0 saturated heterocycles. The predicted octanol–water partition coefficient (Wildman–Crippen LogP) is 5.57. The molecular weight excluding hydrogens is 362 g/mol. The van der Waals surface area contributed by atoms with E-state index < -0.39 is 0 Å². The Morgan fingerprint density at radius 1 is 0.966 bits per heavy atom. The average Bonchev–Trinajstić information content (AvgIpc) is 2.72. The normalized spacial score (nSPS) is 11.0. The van der Waals surface area contributed by atoms with E-state index in [-0.39, 0.29) is 0 Å². The van der Waals surface area contributed by atoms with Crippen molar-refractivity contribution in [1.82, 2.24) is 15.0 Å². The van der Waals surface area contributed by atoms with Crippen LogP contribution in [0.5, 0.6) is 11.6 Å². The Balaban J connectivity index is 1.63. The van der Waals surface area contributed by atoms with E-state index in [1.807, 2.05) is 61.5 Å². The molecule has 0 aliphatic heterocycles. The standard InChI is InChI=1S/C23H23N5O/c1-14(2)16-9-11-18(12-10-16)29-23-20(24)22(25-13-26-23)28-19-6-4-5-17-8-7-15(3)27-21(17)19/h4-14H,24H2,1-3H3,(H,25,26,28). The Morgan fingerprint density at radius 3 is 2.52 bits per heavy atom. The van der Waals surface area contributed by atoms with Gasteiger partial charge in [0.05, 0.1) is 11.2 Å². The SMILES string of the molecule is Cc1ccc2cccc(Nc3ncnc(Oc4ccc(C(C)C)cc4)c3N)c2n1. The number of para-hydroxylation sites is 1. The van der Waals surface area contributed by atoms with E-state index in [0.29, 0.717) is 29.1 Å². The van der Waals surface area contributed by atoms with Crippen LogP contribution >= 0.6 is 0 Å². The smallest absolute Gasteiger partial charge is 0.248 e. The first-order valence-corrected chi connectivity index (χ1v) is 9.53. The lowest BCUT2D eigenvalue weighted by Gasteiger charge is -2.13. The van der Waals surface area contributed by atoms with E-state index in [1.165, 1.54) is 11.9 Å². The predicted molar refractivity (Wildman–Crippen MR) is 117 cm³/mol. The fourth-order valence-electron chi connectivity index (χ4n) is 3.07. The van der Waals surface area contributed by atoms with Crippen LogP contribution in [0.1, 0.15) is 31.0 Å². The summed E-state index contributed by atoms with van der Waals surface area (Å²) in [7, 11) is 0. The van der Waals surface area contributed by atoms with Crippen LogP contribution in [0.3, 0.4) is 0 Å². The summed E-state index contributed by atoms with van der Waals surface area (Å²) in [5, 5.41) is 4.31. The second-order valence-corrected chi connectivity index (χ2v) is 7.22. The number of rotatable bonds is 5. The van der Waals surface area contributed by atoms with Crippen LogP contribution in [-0.4, -0.2) is 15.0 Å². The van der Waals surface area contributed by atoms with Gasteiger partial charge >= 0.3 is 0 Å². The van der Waals surface area contributed by atoms with Crippen molar-refractivity contribution in [1.29, 1.82) is 0 Å². The Bertz CT molecular complexity index is 1160. The third kappa shape index (κ3) is 3.96. The Kier molecular flexibility index (Phi) is 4.99. The number of hydrogen-bond donors (Lipinski definition) is 2. The second kappa shape index (κ2) is 7.75. The van der Waals surface area contributed by atoms with Crippen LogP contribution in [0.25, 0.3) is 10.9 Å². The molecule has 2 aromatic carbocycles. The van der Waals surface area contributed by atoms with Gasteiger partial charge in [0.25, 0.3) is 0 Å². The summed E-state index contributed by atoms with van der Waals surface area (Å²) in [6.45, 7) is 6.27. The molecular formula is C23H23N5O. The van der Waals surface area contributed by atoms with Crippen molar-refractivity contribution in [2.75, 3.05) is 11.1 Å². The molecule has 0 atom stereocenters. The largest absolute Gasteiger partial charge is 0.437 e. The third-order valence-electron chi connectivity index (χ3n) is 4.72. The van der Waals surface area contributed by atoms with Crippen molar-refractivity contribution in [3.8, 4) is 11.6 Å². The van der Waals surface area contributed by atoms with Gasteiger partial charge in [-0.05, 0) is 42.7 Å². The number of benzene rings is 2. The van der Waals surface area contributed by atoms with Crippen molar-refractivity contribution in [3.05, 3.63) is 72.2 Å². The summed E-state index contributed by atoms with van der Waals surface area (Å²) in [5.74, 6) is 1.92. The number of aromatic nitrogens is 3. The first-order chi connectivity index (χ1) is 14.0. The first kappa shape index (κ1) is 18.7. The highest BCUT2D eigenvalue weighted by atomic mass is 16.5. The number of hydrogen-bond acceptors (Lipinski definition) is 6. The van der Waals surface area contributed by atoms with Crippen molar-refractivity contribution in [2.24, 2.45) is 0 Å². The number of nitrogen functional groups attached to an aromatic ring is 1. The zero-order chi connectivity index (χ0) is 20.4. The minimum Gasteiger partial charge on any atom is -0.437 e. The zero-order valence-corrected chi connectivity index (χ0v) is 16.7. The van der Waals surface area contributed by atoms with Crippen LogP contribution in [0.15, 0.2) is 60.9 Å². The molecule has 0 bridgehead atoms. The van der Waals surface area contributed by atoms with Gasteiger partial charge in [-0.2, -0.15) is 4.98 Å². The van der Waals surface area contributed by atoms with Crippen LogP contribution in [0.4, 0.5) is 17.2 Å². The zero-order valence-electron chi connectivity index (χ0n) is 16.7. The summed E-state index contributed by atoms with van der Waals surface area (Å²) in [5.41, 5.74) is 10.5. The number of aryl methyl sites for hydroxylation is 1. The molecule has 146 valence electrons. The van der Waals surface area contributed by atoms with Crippen molar-refractivity contribution in [2.45, 2.75) is 26.7 Å². The molecule has 3 N–H and O–H groups in total. The summed E-state index contributed by atoms with van der Waals surface area (Å²) in [4.78, 5) is 13.1. The topological polar surface area (TPSA) is 86.0 Å². The lowest BCUT2D eigenvalue weighted by molar-refractivity contribution is 0.464. The summed E-state index contributed by atoms with van der Waals surface area (Å²) in [6.07, 6.45) is 1.43. The lowest BCUT2D eigenvalue weighted by Crippen LogP contribution is -2.04. The molecule has 0 amide bonds. The van der Waals surface area contributed by atoms with Gasteiger partial charge in [0, 0.05) is 11.1 Å². The van der Waals surface area contributed by atoms with Gasteiger partial charge in [-0.3, -0.25) is 4.98 Å². The maximum Gasteiger partial charge on any atom is 0.248 e. The Hall–Kier alpha value is -3.67. The van der Waals surface area contributed by atoms with Gasteiger partial charge in [0.2, 0.25) is 5.88 Å². The number of nitrogens with two attached hydrogens (primary N) is 1. The quantitative estimate of drug-likeness (QED) is 0.467. The lowest BCUT2D eigenvalue weighted by atomic mass is 10.0. The maximum absolute atomic E-state index is 6.30. The molecule has 6 nitrogen and oxygen atoms in total. The monoisotopic (exact) mass is 385 g/mol. The van der Waals surface area contributed by atoms with Crippen molar-refractivity contribution in [3.63, 3.8) is 0 Å². The average molecular weight is 385 g/mol. The molecule has 0 unspecified atom stereocenters. The van der Waals surface area contributed by atoms with Gasteiger partial charge < -0.3 is 15.8 Å². The number of ether oxygens (including phenoxy) is 1. The van der Waals surface area contributed by atoms with E-state index >= 15 is 0 Å². The molecule has 2 aromatic heterocycles.